The maximum absolute atomic E-state index is 10.7. The number of carbonyl (C=O) groups excluding carboxylic acids is 1. The fourth-order valence-electron chi connectivity index (χ4n) is 0.309. The third-order valence-electron chi connectivity index (χ3n) is 1.35. The Balaban J connectivity index is 0. The number of aliphatic carboxylic acids is 1. The van der Waals surface area contributed by atoms with Crippen LogP contribution in [-0.4, -0.2) is 39.7 Å². The van der Waals surface area contributed by atoms with E-state index in [1.165, 1.54) is 20.8 Å². The third kappa shape index (κ3) is 10.6. The zero-order chi connectivity index (χ0) is 14.2. The van der Waals surface area contributed by atoms with E-state index in [1.54, 1.807) is 0 Å². The van der Waals surface area contributed by atoms with Crippen LogP contribution in [0.5, 0.6) is 0 Å². The summed E-state index contributed by atoms with van der Waals surface area (Å²) in [7, 11) is 0. The van der Waals surface area contributed by atoms with E-state index in [1.807, 2.05) is 0 Å². The third-order valence-corrected chi connectivity index (χ3v) is 1.35. The largest absolute Gasteiger partial charge is 0.478 e. The molecule has 0 saturated heterocycles. The summed E-state index contributed by atoms with van der Waals surface area (Å²) >= 11 is 0. The van der Waals surface area contributed by atoms with Gasteiger partial charge in [-0.15, -0.1) is 0 Å². The van der Waals surface area contributed by atoms with Gasteiger partial charge in [-0.2, -0.15) is 0 Å². The molecule has 0 aliphatic carbocycles. The number of hydrogen-bond donors (Lipinski definition) is 3. The second-order valence-electron chi connectivity index (χ2n) is 3.40. The highest BCUT2D eigenvalue weighted by Gasteiger charge is 2.15. The molecule has 0 saturated carbocycles. The Morgan fingerprint density at radius 1 is 1.12 bits per heavy atom. The maximum atomic E-state index is 10.7. The number of carbonyl (C=O) groups is 2. The topological polar surface area (TPSA) is 104 Å². The average Bonchev–Trinajstić information content (AvgIpc) is 2.17. The van der Waals surface area contributed by atoms with E-state index in [0.29, 0.717) is 0 Å². The van der Waals surface area contributed by atoms with Crippen molar-refractivity contribution in [3.63, 3.8) is 0 Å². The van der Waals surface area contributed by atoms with Gasteiger partial charge in [0.05, 0.1) is 0 Å². The number of rotatable bonds is 4. The van der Waals surface area contributed by atoms with Crippen molar-refractivity contribution in [3.8, 4) is 0 Å². The SMILES string of the molecule is C=C(C)C(=O)O.C=C(C)C(=O)OC(O)C(C)O. The molecule has 0 spiro atoms. The quantitative estimate of drug-likeness (QED) is 0.378. The minimum absolute atomic E-state index is 0.176. The second-order valence-corrected chi connectivity index (χ2v) is 3.40. The fraction of sp³-hybridized carbons (Fsp3) is 0.455. The second kappa shape index (κ2) is 8.49. The van der Waals surface area contributed by atoms with Gasteiger partial charge in [0.15, 0.2) is 0 Å². The van der Waals surface area contributed by atoms with Crippen molar-refractivity contribution in [3.05, 3.63) is 24.3 Å². The van der Waals surface area contributed by atoms with E-state index in [9.17, 15) is 9.59 Å². The van der Waals surface area contributed by atoms with Gasteiger partial charge in [-0.25, -0.2) is 9.59 Å². The molecule has 0 aliphatic heterocycles. The van der Waals surface area contributed by atoms with E-state index in [-0.39, 0.29) is 11.1 Å². The van der Waals surface area contributed by atoms with E-state index in [0.717, 1.165) is 0 Å². The fourth-order valence-corrected chi connectivity index (χ4v) is 0.309. The van der Waals surface area contributed by atoms with Crippen molar-refractivity contribution in [2.75, 3.05) is 0 Å². The van der Waals surface area contributed by atoms with Crippen LogP contribution in [0.2, 0.25) is 0 Å². The van der Waals surface area contributed by atoms with Gasteiger partial charge in [-0.3, -0.25) is 0 Å². The normalized spacial score (nSPS) is 12.5. The summed E-state index contributed by atoms with van der Waals surface area (Å²) in [5.74, 6) is -1.64. The lowest BCUT2D eigenvalue weighted by Gasteiger charge is -2.13. The van der Waals surface area contributed by atoms with E-state index >= 15 is 0 Å². The first-order chi connectivity index (χ1) is 7.59. The van der Waals surface area contributed by atoms with Crippen LogP contribution in [0.15, 0.2) is 24.3 Å². The Kier molecular flexibility index (Phi) is 8.85. The zero-order valence-corrected chi connectivity index (χ0v) is 10.1. The number of carboxylic acid groups (broad SMARTS) is 1. The maximum Gasteiger partial charge on any atom is 0.335 e. The van der Waals surface area contributed by atoms with Gasteiger partial charge in [-0.05, 0) is 20.8 Å². The molecule has 0 rings (SSSR count). The molecule has 6 nitrogen and oxygen atoms in total. The molecule has 0 amide bonds. The average molecular weight is 246 g/mol. The van der Waals surface area contributed by atoms with Gasteiger partial charge in [0.25, 0.3) is 0 Å². The van der Waals surface area contributed by atoms with Crippen molar-refractivity contribution < 1.29 is 29.6 Å². The van der Waals surface area contributed by atoms with Crippen LogP contribution in [0.4, 0.5) is 0 Å². The van der Waals surface area contributed by atoms with Gasteiger partial charge >= 0.3 is 11.9 Å². The highest BCUT2D eigenvalue weighted by atomic mass is 16.6. The Labute approximate surface area is 99.8 Å². The van der Waals surface area contributed by atoms with Crippen molar-refractivity contribution in [1.29, 1.82) is 0 Å². The van der Waals surface area contributed by atoms with Crippen LogP contribution in [-0.2, 0) is 14.3 Å². The molecule has 2 atom stereocenters. The molecule has 0 heterocycles. The smallest absolute Gasteiger partial charge is 0.335 e. The van der Waals surface area contributed by atoms with E-state index in [4.69, 9.17) is 15.3 Å². The molecule has 0 aromatic rings. The number of carboxylic acids is 1. The molecule has 3 N–H and O–H groups in total. The Hall–Kier alpha value is -1.66. The molecule has 98 valence electrons. The van der Waals surface area contributed by atoms with Crippen LogP contribution in [0.25, 0.3) is 0 Å². The van der Waals surface area contributed by atoms with Crippen LogP contribution >= 0.6 is 0 Å². The van der Waals surface area contributed by atoms with Gasteiger partial charge in [0, 0.05) is 11.1 Å². The Bertz CT molecular complexity index is 293. The summed E-state index contributed by atoms with van der Waals surface area (Å²) < 4.78 is 4.34. The van der Waals surface area contributed by atoms with E-state index < -0.39 is 24.3 Å². The molecule has 6 heteroatoms. The van der Waals surface area contributed by atoms with Gasteiger partial charge < -0.3 is 20.1 Å². The zero-order valence-electron chi connectivity index (χ0n) is 10.1. The minimum Gasteiger partial charge on any atom is -0.478 e. The van der Waals surface area contributed by atoms with Crippen LogP contribution in [0.1, 0.15) is 20.8 Å². The summed E-state index contributed by atoms with van der Waals surface area (Å²) in [6.45, 7) is 10.7. The number of ether oxygens (including phenoxy) is 1. The molecule has 0 bridgehead atoms. The Morgan fingerprint density at radius 2 is 1.47 bits per heavy atom. The molecule has 0 radical (unpaired) electrons. The summed E-state index contributed by atoms with van der Waals surface area (Å²) in [4.78, 5) is 20.3. The molecule has 0 aromatic heterocycles. The molecule has 0 aromatic carbocycles. The Morgan fingerprint density at radius 3 is 1.65 bits per heavy atom. The lowest BCUT2D eigenvalue weighted by Crippen LogP contribution is -2.28. The monoisotopic (exact) mass is 246 g/mol. The minimum atomic E-state index is -1.47. The van der Waals surface area contributed by atoms with Gasteiger partial charge in [0.1, 0.15) is 6.10 Å². The van der Waals surface area contributed by atoms with Crippen LogP contribution < -0.4 is 0 Å². The lowest BCUT2D eigenvalue weighted by molar-refractivity contribution is -0.179. The molecule has 2 unspecified atom stereocenters. The molecule has 17 heavy (non-hydrogen) atoms. The lowest BCUT2D eigenvalue weighted by atomic mass is 10.3. The van der Waals surface area contributed by atoms with Crippen LogP contribution in [0.3, 0.4) is 0 Å². The first-order valence-electron chi connectivity index (χ1n) is 4.71. The number of hydrogen-bond acceptors (Lipinski definition) is 5. The predicted octanol–water partition coefficient (Wildman–Crippen LogP) is 0.452. The van der Waals surface area contributed by atoms with E-state index in [2.05, 4.69) is 17.9 Å². The number of aliphatic hydroxyl groups excluding tert-OH is 2. The summed E-state index contributed by atoms with van der Waals surface area (Å²) in [5.41, 5.74) is 0.361. The summed E-state index contributed by atoms with van der Waals surface area (Å²) in [6.07, 6.45) is -2.56. The van der Waals surface area contributed by atoms with Crippen molar-refractivity contribution in [1.82, 2.24) is 0 Å². The molecular formula is C11H18O6. The number of esters is 1. The molecule has 0 fully saturated rings. The van der Waals surface area contributed by atoms with Gasteiger partial charge in [-0.1, -0.05) is 13.2 Å². The van der Waals surface area contributed by atoms with Crippen molar-refractivity contribution in [2.24, 2.45) is 0 Å². The molecular weight excluding hydrogens is 228 g/mol. The first kappa shape index (κ1) is 17.7. The van der Waals surface area contributed by atoms with Crippen molar-refractivity contribution >= 4 is 11.9 Å². The standard InChI is InChI=1S/C7H12O4.C4H6O2/c1-4(2)6(9)11-7(10)5(3)8;1-3(2)4(5)6/h5,7-8,10H,1H2,2-3H3;1H2,2H3,(H,5,6). The molecule has 0 aliphatic rings. The summed E-state index contributed by atoms with van der Waals surface area (Å²) in [6, 6.07) is 0. The summed E-state index contributed by atoms with van der Waals surface area (Å²) in [5, 5.41) is 25.4. The number of aliphatic hydroxyl groups is 2. The highest BCUT2D eigenvalue weighted by Crippen LogP contribution is 1.99. The van der Waals surface area contributed by atoms with Crippen molar-refractivity contribution in [2.45, 2.75) is 33.2 Å². The highest BCUT2D eigenvalue weighted by molar-refractivity contribution is 5.87. The predicted molar refractivity (Wildman–Crippen MR) is 61.0 cm³/mol. The first-order valence-corrected chi connectivity index (χ1v) is 4.71. The van der Waals surface area contributed by atoms with Crippen LogP contribution in [0, 0.1) is 0 Å². The van der Waals surface area contributed by atoms with Gasteiger partial charge in [0.2, 0.25) is 6.29 Å².